The number of unbranched alkanes of at least 4 members (excludes halogenated alkanes) is 9. The highest BCUT2D eigenvalue weighted by atomic mass is 35.5. The monoisotopic (exact) mass is 484 g/mol. The van der Waals surface area contributed by atoms with Gasteiger partial charge in [-0.15, -0.1) is 0 Å². The third kappa shape index (κ3) is 11.9. The Morgan fingerprint density at radius 1 is 0.875 bits per heavy atom. The molecular weight excluding hydrogens is 447 g/mol. The van der Waals surface area contributed by atoms with Gasteiger partial charge in [0.2, 0.25) is 0 Å². The molecule has 0 saturated heterocycles. The Balaban J connectivity index is 2.32. The molecule has 0 aliphatic rings. The summed E-state index contributed by atoms with van der Waals surface area (Å²) in [6, 6.07) is 4.94. The fourth-order valence-electron chi connectivity index (χ4n) is 3.60. The van der Waals surface area contributed by atoms with Crippen molar-refractivity contribution < 1.29 is 19.4 Å². The summed E-state index contributed by atoms with van der Waals surface area (Å²) in [4.78, 5) is 24.4. The molecule has 0 atom stereocenters. The van der Waals surface area contributed by atoms with Crippen LogP contribution in [0.4, 0.5) is 0 Å². The molecule has 0 aliphatic heterocycles. The number of carbonyl (C=O) groups is 2. The van der Waals surface area contributed by atoms with Gasteiger partial charge in [0.1, 0.15) is 11.5 Å². The molecule has 0 saturated carbocycles. The number of ketones is 2. The third-order valence-electron chi connectivity index (χ3n) is 5.39. The zero-order chi connectivity index (χ0) is 23.8. The Labute approximate surface area is 203 Å². The Bertz CT molecular complexity index is 743. The van der Waals surface area contributed by atoms with Crippen LogP contribution in [0.1, 0.15) is 97.3 Å². The summed E-state index contributed by atoms with van der Waals surface area (Å²) >= 11 is 11.9. The highest BCUT2D eigenvalue weighted by Crippen LogP contribution is 2.27. The quantitative estimate of drug-likeness (QED) is 0.0745. The first kappa shape index (κ1) is 28.5. The molecular formula is C26H38Cl2O4. The number of ether oxygens (including phenoxy) is 1. The largest absolute Gasteiger partial charge is 0.511 e. The van der Waals surface area contributed by atoms with Crippen molar-refractivity contribution in [2.45, 2.75) is 97.3 Å². The van der Waals surface area contributed by atoms with Crippen molar-refractivity contribution in [3.63, 3.8) is 0 Å². The molecule has 0 bridgehead atoms. The van der Waals surface area contributed by atoms with Crippen LogP contribution in [0, 0.1) is 0 Å². The van der Waals surface area contributed by atoms with Crippen LogP contribution in [-0.4, -0.2) is 23.3 Å². The molecule has 180 valence electrons. The van der Waals surface area contributed by atoms with Gasteiger partial charge in [-0.05, 0) is 38.0 Å². The molecule has 0 fully saturated rings. The van der Waals surface area contributed by atoms with Gasteiger partial charge in [0.25, 0.3) is 0 Å². The van der Waals surface area contributed by atoms with Crippen LogP contribution in [0.15, 0.2) is 29.5 Å². The molecule has 1 aromatic rings. The summed E-state index contributed by atoms with van der Waals surface area (Å²) in [6.07, 6.45) is 12.8. The normalized spacial score (nSPS) is 11.9. The van der Waals surface area contributed by atoms with Crippen LogP contribution in [0.5, 0.6) is 5.75 Å². The van der Waals surface area contributed by atoms with E-state index in [-0.39, 0.29) is 35.9 Å². The van der Waals surface area contributed by atoms with E-state index in [0.717, 1.165) is 19.3 Å². The van der Waals surface area contributed by atoms with Gasteiger partial charge in [-0.25, -0.2) is 0 Å². The predicted molar refractivity (Wildman–Crippen MR) is 133 cm³/mol. The second kappa shape index (κ2) is 17.0. The van der Waals surface area contributed by atoms with Gasteiger partial charge in [0.15, 0.2) is 11.6 Å². The van der Waals surface area contributed by atoms with E-state index >= 15 is 0 Å². The van der Waals surface area contributed by atoms with Gasteiger partial charge < -0.3 is 9.84 Å². The molecule has 32 heavy (non-hydrogen) atoms. The second-order valence-electron chi connectivity index (χ2n) is 8.26. The first-order valence-corrected chi connectivity index (χ1v) is 12.7. The molecule has 0 aromatic heterocycles. The minimum atomic E-state index is -0.388. The van der Waals surface area contributed by atoms with E-state index in [1.54, 1.807) is 18.2 Å². The van der Waals surface area contributed by atoms with Gasteiger partial charge in [-0.3, -0.25) is 9.59 Å². The van der Waals surface area contributed by atoms with E-state index in [9.17, 15) is 14.7 Å². The lowest BCUT2D eigenvalue weighted by atomic mass is 9.99. The highest BCUT2D eigenvalue weighted by molar-refractivity contribution is 6.35. The molecule has 0 aliphatic carbocycles. The Hall–Kier alpha value is -1.52. The van der Waals surface area contributed by atoms with Gasteiger partial charge >= 0.3 is 0 Å². The standard InChI is InChI=1S/C26H38Cl2O4/c1-3-4-5-6-7-8-9-10-11-12-14-23(30)26(20(2)29)24(31)15-13-18-32-25-17-16-21(27)19-22(25)28/h16-17,19,30H,3-15,18H2,1-2H3. The number of aliphatic hydroxyl groups excluding tert-OH is 1. The SMILES string of the molecule is CCCCCCCCCCCCC(O)=C(C(C)=O)C(=O)CCCOc1ccc(Cl)cc1Cl. The lowest BCUT2D eigenvalue weighted by Gasteiger charge is -2.10. The first-order chi connectivity index (χ1) is 15.4. The molecule has 4 nitrogen and oxygen atoms in total. The molecule has 1 rings (SSSR count). The van der Waals surface area contributed by atoms with Crippen LogP contribution < -0.4 is 4.74 Å². The summed E-state index contributed by atoms with van der Waals surface area (Å²) in [5.41, 5.74) is -0.0644. The van der Waals surface area contributed by atoms with Crippen molar-refractivity contribution in [2.24, 2.45) is 0 Å². The van der Waals surface area contributed by atoms with Crippen molar-refractivity contribution in [3.8, 4) is 5.75 Å². The highest BCUT2D eigenvalue weighted by Gasteiger charge is 2.19. The van der Waals surface area contributed by atoms with Crippen molar-refractivity contribution in [3.05, 3.63) is 39.6 Å². The fraction of sp³-hybridized carbons (Fsp3) is 0.615. The number of Topliss-reactive ketones (excluding diaryl/α,β-unsaturated/α-hetero) is 2. The number of hydrogen-bond acceptors (Lipinski definition) is 4. The number of allylic oxidation sites excluding steroid dienone is 2. The molecule has 0 radical (unpaired) electrons. The van der Waals surface area contributed by atoms with Crippen molar-refractivity contribution in [1.82, 2.24) is 0 Å². The van der Waals surface area contributed by atoms with Gasteiger partial charge in [-0.1, -0.05) is 87.9 Å². The van der Waals surface area contributed by atoms with Crippen molar-refractivity contribution in [2.75, 3.05) is 6.61 Å². The zero-order valence-electron chi connectivity index (χ0n) is 19.6. The average Bonchev–Trinajstić information content (AvgIpc) is 2.73. The number of halogens is 2. The lowest BCUT2D eigenvalue weighted by Crippen LogP contribution is -2.14. The molecule has 0 unspecified atom stereocenters. The second-order valence-corrected chi connectivity index (χ2v) is 9.10. The van der Waals surface area contributed by atoms with Crippen molar-refractivity contribution >= 4 is 34.8 Å². The third-order valence-corrected chi connectivity index (χ3v) is 5.92. The predicted octanol–water partition coefficient (Wildman–Crippen LogP) is 8.43. The first-order valence-electron chi connectivity index (χ1n) is 11.9. The maximum atomic E-state index is 12.5. The number of hydrogen-bond donors (Lipinski definition) is 1. The Morgan fingerprint density at radius 3 is 2.03 bits per heavy atom. The Kier molecular flexibility index (Phi) is 15.2. The van der Waals surface area contributed by atoms with Gasteiger partial charge in [0.05, 0.1) is 17.2 Å². The van der Waals surface area contributed by atoms with E-state index in [4.69, 9.17) is 27.9 Å². The minimum absolute atomic E-state index is 0.0644. The van der Waals surface area contributed by atoms with E-state index in [2.05, 4.69) is 6.92 Å². The van der Waals surface area contributed by atoms with Gasteiger partial charge in [-0.2, -0.15) is 0 Å². The number of benzene rings is 1. The molecule has 1 aromatic carbocycles. The van der Waals surface area contributed by atoms with Crippen LogP contribution in [0.3, 0.4) is 0 Å². The maximum Gasteiger partial charge on any atom is 0.169 e. The summed E-state index contributed by atoms with van der Waals surface area (Å²) in [7, 11) is 0. The van der Waals surface area contributed by atoms with Crippen LogP contribution in [0.2, 0.25) is 10.0 Å². The number of rotatable bonds is 18. The van der Waals surface area contributed by atoms with E-state index < -0.39 is 0 Å². The average molecular weight is 485 g/mol. The van der Waals surface area contributed by atoms with Gasteiger partial charge in [0, 0.05) is 17.9 Å². The molecule has 0 amide bonds. The van der Waals surface area contributed by atoms with E-state index in [1.165, 1.54) is 51.9 Å². The number of carbonyl (C=O) groups excluding carboxylic acids is 2. The summed E-state index contributed by atoms with van der Waals surface area (Å²) in [5, 5.41) is 11.3. The topological polar surface area (TPSA) is 63.6 Å². The minimum Gasteiger partial charge on any atom is -0.511 e. The van der Waals surface area contributed by atoms with Crippen molar-refractivity contribution in [1.29, 1.82) is 0 Å². The maximum absolute atomic E-state index is 12.5. The smallest absolute Gasteiger partial charge is 0.169 e. The zero-order valence-corrected chi connectivity index (χ0v) is 21.1. The fourth-order valence-corrected chi connectivity index (χ4v) is 4.06. The molecule has 0 heterocycles. The van der Waals surface area contributed by atoms with Crippen LogP contribution in [0.25, 0.3) is 0 Å². The van der Waals surface area contributed by atoms with E-state index in [0.29, 0.717) is 28.6 Å². The summed E-state index contributed by atoms with van der Waals surface area (Å²) in [5.74, 6) is -0.312. The van der Waals surface area contributed by atoms with E-state index in [1.807, 2.05) is 0 Å². The number of aliphatic hydroxyl groups is 1. The molecule has 0 spiro atoms. The molecule has 1 N–H and O–H groups in total. The summed E-state index contributed by atoms with van der Waals surface area (Å²) in [6.45, 7) is 3.83. The lowest BCUT2D eigenvalue weighted by molar-refractivity contribution is -0.120. The Morgan fingerprint density at radius 2 is 1.47 bits per heavy atom. The molecule has 6 heteroatoms. The van der Waals surface area contributed by atoms with Crippen LogP contribution in [-0.2, 0) is 9.59 Å². The summed E-state index contributed by atoms with van der Waals surface area (Å²) < 4.78 is 5.58. The van der Waals surface area contributed by atoms with Crippen LogP contribution >= 0.6 is 23.2 Å².